The van der Waals surface area contributed by atoms with Crippen LogP contribution in [0.2, 0.25) is 0 Å². The summed E-state index contributed by atoms with van der Waals surface area (Å²) in [5.74, 6) is 0.806. The van der Waals surface area contributed by atoms with Crippen molar-refractivity contribution in [2.24, 2.45) is 0 Å². The molecular formula is C29H19N3O2PtS. The minimum absolute atomic E-state index is 0. The maximum atomic E-state index is 13.1. The fourth-order valence-corrected chi connectivity index (χ4v) is 5.50. The minimum atomic E-state index is -3.78. The van der Waals surface area contributed by atoms with E-state index < -0.39 is 9.84 Å². The van der Waals surface area contributed by atoms with E-state index >= 15 is 0 Å². The predicted molar refractivity (Wildman–Crippen MR) is 136 cm³/mol. The van der Waals surface area contributed by atoms with Gasteiger partial charge in [-0.15, -0.1) is 12.1 Å². The zero-order valence-electron chi connectivity index (χ0n) is 19.1. The number of pyridine rings is 2. The van der Waals surface area contributed by atoms with E-state index in [0.29, 0.717) is 5.56 Å². The van der Waals surface area contributed by atoms with Crippen molar-refractivity contribution in [1.29, 1.82) is 0 Å². The molecule has 0 atom stereocenters. The molecule has 0 radical (unpaired) electrons. The van der Waals surface area contributed by atoms with E-state index in [4.69, 9.17) is 0 Å². The van der Waals surface area contributed by atoms with Crippen LogP contribution in [0.1, 0.15) is 5.56 Å². The van der Waals surface area contributed by atoms with Crippen LogP contribution in [0.4, 0.5) is 0 Å². The molecule has 0 amide bonds. The first-order valence-electron chi connectivity index (χ1n) is 11.1. The Hall–Kier alpha value is -3.60. The number of para-hydroxylation sites is 1. The van der Waals surface area contributed by atoms with Crippen molar-refractivity contribution in [3.63, 3.8) is 0 Å². The number of nitrogens with zero attached hydrogens (tertiary/aromatic N) is 3. The fraction of sp³-hybridized carbons (Fsp3) is 0.0345. The second-order valence-electron chi connectivity index (χ2n) is 8.28. The van der Waals surface area contributed by atoms with E-state index in [1.807, 2.05) is 49.4 Å². The third-order valence-corrected chi connectivity index (χ3v) is 7.58. The zero-order chi connectivity index (χ0) is 24.0. The Balaban J connectivity index is 0.00000267. The normalized spacial score (nSPS) is 11.5. The van der Waals surface area contributed by atoms with Crippen LogP contribution in [0.3, 0.4) is 0 Å². The second kappa shape index (κ2) is 9.45. The summed E-state index contributed by atoms with van der Waals surface area (Å²) in [5, 5.41) is 2.15. The number of aromatic nitrogens is 3. The summed E-state index contributed by atoms with van der Waals surface area (Å²) in [7, 11) is -3.78. The van der Waals surface area contributed by atoms with Crippen molar-refractivity contribution in [2.45, 2.75) is 16.8 Å². The van der Waals surface area contributed by atoms with Gasteiger partial charge in [-0.3, -0.25) is 0 Å². The molecule has 3 aromatic carbocycles. The van der Waals surface area contributed by atoms with E-state index in [9.17, 15) is 8.42 Å². The van der Waals surface area contributed by atoms with Crippen molar-refractivity contribution >= 4 is 31.6 Å². The van der Waals surface area contributed by atoms with Crippen molar-refractivity contribution in [3.8, 4) is 16.9 Å². The first kappa shape index (κ1) is 24.1. The number of hydrogen-bond donors (Lipinski definition) is 0. The molecule has 3 aromatic heterocycles. The van der Waals surface area contributed by atoms with E-state index in [0.717, 1.165) is 38.8 Å². The van der Waals surface area contributed by atoms with Gasteiger partial charge in [0.2, 0.25) is 9.84 Å². The molecule has 0 N–H and O–H groups in total. The maximum absolute atomic E-state index is 13.1. The molecule has 6 rings (SSSR count). The largest absolute Gasteiger partial charge is 2.00 e. The number of fused-ring (bicyclic) bond motifs is 3. The third-order valence-electron chi connectivity index (χ3n) is 5.97. The Morgan fingerprint density at radius 1 is 0.750 bits per heavy atom. The van der Waals surface area contributed by atoms with Crippen molar-refractivity contribution in [1.82, 2.24) is 14.5 Å². The molecule has 0 aliphatic heterocycles. The molecule has 3 heterocycles. The quantitative estimate of drug-likeness (QED) is 0.217. The van der Waals surface area contributed by atoms with Gasteiger partial charge in [-0.25, -0.2) is 29.5 Å². The van der Waals surface area contributed by atoms with Crippen LogP contribution in [0.15, 0.2) is 107 Å². The molecule has 0 saturated heterocycles. The molecule has 36 heavy (non-hydrogen) atoms. The number of hydrogen-bond acceptors (Lipinski definition) is 4. The Morgan fingerprint density at radius 3 is 2.36 bits per heavy atom. The van der Waals surface area contributed by atoms with Crippen LogP contribution in [-0.2, 0) is 30.9 Å². The summed E-state index contributed by atoms with van der Waals surface area (Å²) in [6.45, 7) is 2.04. The van der Waals surface area contributed by atoms with Crippen molar-refractivity contribution in [3.05, 3.63) is 115 Å². The van der Waals surface area contributed by atoms with Gasteiger partial charge in [0.05, 0.1) is 0 Å². The summed E-state index contributed by atoms with van der Waals surface area (Å²) in [6, 6.07) is 32.7. The number of benzene rings is 3. The van der Waals surface area contributed by atoms with Gasteiger partial charge in [-0.1, -0.05) is 29.7 Å². The molecule has 0 aliphatic carbocycles. The predicted octanol–water partition coefficient (Wildman–Crippen LogP) is 5.98. The molecule has 0 saturated carbocycles. The maximum Gasteiger partial charge on any atom is 2.00 e. The topological polar surface area (TPSA) is 64.8 Å². The Morgan fingerprint density at radius 2 is 1.56 bits per heavy atom. The minimum Gasteiger partial charge on any atom is -0.314 e. The molecule has 6 aromatic rings. The number of rotatable bonds is 4. The summed E-state index contributed by atoms with van der Waals surface area (Å²) in [4.78, 5) is 8.71. The van der Waals surface area contributed by atoms with Gasteiger partial charge in [0, 0.05) is 17.9 Å². The van der Waals surface area contributed by atoms with Gasteiger partial charge in [0.25, 0.3) is 0 Å². The van der Waals surface area contributed by atoms with E-state index in [1.165, 1.54) is 12.3 Å². The van der Waals surface area contributed by atoms with Crippen LogP contribution < -0.4 is 0 Å². The molecule has 0 spiro atoms. The van der Waals surface area contributed by atoms with Crippen LogP contribution in [0.25, 0.3) is 38.8 Å². The van der Waals surface area contributed by atoms with Gasteiger partial charge in [-0.2, -0.15) is 30.3 Å². The Labute approximate surface area is 223 Å². The first-order valence-corrected chi connectivity index (χ1v) is 12.6. The molecular weight excluding hydrogens is 649 g/mol. The molecule has 0 unspecified atom stereocenters. The molecule has 5 nitrogen and oxygen atoms in total. The third kappa shape index (κ3) is 4.06. The van der Waals surface area contributed by atoms with Gasteiger partial charge < -0.3 is 4.57 Å². The van der Waals surface area contributed by atoms with Crippen LogP contribution in [0, 0.1) is 19.1 Å². The standard InChI is InChI=1S/C29H19N3O2S.Pt/c1-20-14-16-30-28(17-20)32-26-10-3-2-9-24(26)25-13-12-22(19-27(25)32)21-7-6-8-23(18-21)35(33,34)29-11-4-5-15-31-29;/h2-17H,1H3;/q-2;+2. The monoisotopic (exact) mass is 668 g/mol. The molecule has 178 valence electrons. The van der Waals surface area contributed by atoms with Gasteiger partial charge >= 0.3 is 21.1 Å². The van der Waals surface area contributed by atoms with Crippen molar-refractivity contribution < 1.29 is 29.5 Å². The van der Waals surface area contributed by atoms with Gasteiger partial charge in [0.1, 0.15) is 5.82 Å². The van der Waals surface area contributed by atoms with Gasteiger partial charge in [-0.05, 0) is 58.6 Å². The average molecular weight is 669 g/mol. The van der Waals surface area contributed by atoms with Crippen LogP contribution >= 0.6 is 0 Å². The fourth-order valence-electron chi connectivity index (χ4n) is 4.31. The summed E-state index contributed by atoms with van der Waals surface area (Å²) in [5.41, 5.74) is 4.39. The summed E-state index contributed by atoms with van der Waals surface area (Å²) >= 11 is 0. The SMILES string of the molecule is Cc1ccnc(-n2c3[c-]c(-c4[c-]c(S(=O)(=O)c5ccccn5)ccc4)ccc3c3ccccc32)c1.[Pt+2]. The molecule has 0 fully saturated rings. The second-order valence-corrected chi connectivity index (χ2v) is 10.1. The molecule has 7 heteroatoms. The Kier molecular flexibility index (Phi) is 6.33. The summed E-state index contributed by atoms with van der Waals surface area (Å²) < 4.78 is 28.3. The number of aryl methyl sites for hydroxylation is 1. The Bertz CT molecular complexity index is 1830. The van der Waals surface area contributed by atoms with Gasteiger partial charge in [0.15, 0.2) is 5.03 Å². The zero-order valence-corrected chi connectivity index (χ0v) is 22.2. The smallest absolute Gasteiger partial charge is 0.314 e. The van der Waals surface area contributed by atoms with E-state index in [2.05, 4.69) is 38.8 Å². The van der Waals surface area contributed by atoms with E-state index in [1.54, 1.807) is 30.5 Å². The first-order chi connectivity index (χ1) is 17.0. The van der Waals surface area contributed by atoms with Crippen LogP contribution in [-0.4, -0.2) is 23.0 Å². The average Bonchev–Trinajstić information content (AvgIpc) is 3.23. The van der Waals surface area contributed by atoms with Crippen molar-refractivity contribution in [2.75, 3.05) is 0 Å². The molecule has 0 aliphatic rings. The van der Waals surface area contributed by atoms with E-state index in [-0.39, 0.29) is 31.0 Å². The number of sulfone groups is 1. The van der Waals surface area contributed by atoms with Crippen LogP contribution in [0.5, 0.6) is 0 Å². The molecule has 0 bridgehead atoms. The summed E-state index contributed by atoms with van der Waals surface area (Å²) in [6.07, 6.45) is 3.27.